The molecule has 0 aliphatic heterocycles. The number of rotatable bonds is 4. The minimum atomic E-state index is 0.228. The van der Waals surface area contributed by atoms with E-state index in [1.165, 1.54) is 5.56 Å². The topological polar surface area (TPSA) is 40.7 Å². The standard InChI is InChI=1S/C16H16ClN3/c1-11(12-5-4-8-18-9-12)19-10-15-16(17)13-6-2-3-7-14(13)20-15/h2-9,11,19-20H,10H2,1H3/t11-/m0/s1. The summed E-state index contributed by atoms with van der Waals surface area (Å²) in [7, 11) is 0. The molecule has 1 aromatic carbocycles. The van der Waals surface area contributed by atoms with E-state index in [-0.39, 0.29) is 6.04 Å². The Bertz CT molecular complexity index is 706. The molecule has 20 heavy (non-hydrogen) atoms. The molecule has 2 N–H and O–H groups in total. The summed E-state index contributed by atoms with van der Waals surface area (Å²) >= 11 is 6.40. The van der Waals surface area contributed by atoms with Crippen molar-refractivity contribution < 1.29 is 0 Å². The van der Waals surface area contributed by atoms with Crippen LogP contribution in [0, 0.1) is 0 Å². The minimum absolute atomic E-state index is 0.228. The number of H-pyrrole nitrogens is 1. The van der Waals surface area contributed by atoms with Gasteiger partial charge in [-0.1, -0.05) is 35.9 Å². The summed E-state index contributed by atoms with van der Waals surface area (Å²) in [5.41, 5.74) is 3.26. The van der Waals surface area contributed by atoms with Crippen LogP contribution in [0.1, 0.15) is 24.2 Å². The van der Waals surface area contributed by atoms with E-state index >= 15 is 0 Å². The van der Waals surface area contributed by atoms with E-state index < -0.39 is 0 Å². The highest BCUT2D eigenvalue weighted by molar-refractivity contribution is 6.36. The van der Waals surface area contributed by atoms with Crippen LogP contribution in [0.15, 0.2) is 48.8 Å². The third-order valence-electron chi connectivity index (χ3n) is 3.48. The minimum Gasteiger partial charge on any atom is -0.356 e. The van der Waals surface area contributed by atoms with Crippen LogP contribution in [0.2, 0.25) is 5.02 Å². The Morgan fingerprint density at radius 1 is 1.25 bits per heavy atom. The van der Waals surface area contributed by atoms with Crippen LogP contribution in [0.3, 0.4) is 0 Å². The molecule has 0 saturated heterocycles. The van der Waals surface area contributed by atoms with Gasteiger partial charge in [-0.05, 0) is 24.6 Å². The summed E-state index contributed by atoms with van der Waals surface area (Å²) in [6.07, 6.45) is 3.66. The van der Waals surface area contributed by atoms with E-state index in [4.69, 9.17) is 11.6 Å². The average molecular weight is 286 g/mol. The number of para-hydroxylation sites is 1. The molecule has 102 valence electrons. The van der Waals surface area contributed by atoms with Crippen molar-refractivity contribution in [1.82, 2.24) is 15.3 Å². The Morgan fingerprint density at radius 3 is 2.85 bits per heavy atom. The smallest absolute Gasteiger partial charge is 0.0705 e. The Labute approximate surface area is 123 Å². The summed E-state index contributed by atoms with van der Waals surface area (Å²) < 4.78 is 0. The fourth-order valence-corrected chi connectivity index (χ4v) is 2.57. The Morgan fingerprint density at radius 2 is 2.10 bits per heavy atom. The summed E-state index contributed by atoms with van der Waals surface area (Å²) in [4.78, 5) is 7.50. The summed E-state index contributed by atoms with van der Waals surface area (Å²) in [5.74, 6) is 0. The number of nitrogens with zero attached hydrogens (tertiary/aromatic N) is 1. The number of benzene rings is 1. The lowest BCUT2D eigenvalue weighted by Gasteiger charge is -2.13. The Kier molecular flexibility index (Phi) is 3.72. The maximum atomic E-state index is 6.40. The maximum absolute atomic E-state index is 6.40. The molecule has 0 spiro atoms. The zero-order chi connectivity index (χ0) is 13.9. The largest absolute Gasteiger partial charge is 0.356 e. The fraction of sp³-hybridized carbons (Fsp3) is 0.188. The molecule has 2 heterocycles. The zero-order valence-corrected chi connectivity index (χ0v) is 12.0. The first-order valence-corrected chi connectivity index (χ1v) is 7.02. The molecule has 0 radical (unpaired) electrons. The maximum Gasteiger partial charge on any atom is 0.0705 e. The van der Waals surface area contributed by atoms with E-state index in [1.54, 1.807) is 6.20 Å². The summed E-state index contributed by atoms with van der Waals surface area (Å²) in [5, 5.41) is 5.33. The van der Waals surface area contributed by atoms with Crippen molar-refractivity contribution in [3.8, 4) is 0 Å². The lowest BCUT2D eigenvalue weighted by molar-refractivity contribution is 0.568. The second kappa shape index (κ2) is 5.65. The molecule has 4 heteroatoms. The highest BCUT2D eigenvalue weighted by Crippen LogP contribution is 2.27. The monoisotopic (exact) mass is 285 g/mol. The van der Waals surface area contributed by atoms with Gasteiger partial charge >= 0.3 is 0 Å². The molecular weight excluding hydrogens is 270 g/mol. The molecule has 0 fully saturated rings. The number of hydrogen-bond acceptors (Lipinski definition) is 2. The second-order valence-electron chi connectivity index (χ2n) is 4.85. The normalized spacial score (nSPS) is 12.7. The highest BCUT2D eigenvalue weighted by atomic mass is 35.5. The van der Waals surface area contributed by atoms with Crippen molar-refractivity contribution >= 4 is 22.5 Å². The van der Waals surface area contributed by atoms with Crippen molar-refractivity contribution in [2.24, 2.45) is 0 Å². The van der Waals surface area contributed by atoms with Gasteiger partial charge in [0.05, 0.1) is 5.02 Å². The highest BCUT2D eigenvalue weighted by Gasteiger charge is 2.10. The molecule has 0 aliphatic carbocycles. The first-order valence-electron chi connectivity index (χ1n) is 6.64. The van der Waals surface area contributed by atoms with Gasteiger partial charge in [0.15, 0.2) is 0 Å². The summed E-state index contributed by atoms with van der Waals surface area (Å²) in [6, 6.07) is 12.3. The van der Waals surface area contributed by atoms with Crippen molar-refractivity contribution in [2.75, 3.05) is 0 Å². The van der Waals surface area contributed by atoms with Crippen LogP contribution in [0.4, 0.5) is 0 Å². The summed E-state index contributed by atoms with van der Waals surface area (Å²) in [6.45, 7) is 2.82. The Balaban J connectivity index is 1.76. The number of pyridine rings is 1. The lowest BCUT2D eigenvalue weighted by Crippen LogP contribution is -2.18. The number of halogens is 1. The number of hydrogen-bond donors (Lipinski definition) is 2. The van der Waals surface area contributed by atoms with Gasteiger partial charge in [-0.25, -0.2) is 0 Å². The van der Waals surface area contributed by atoms with Gasteiger partial charge in [0.1, 0.15) is 0 Å². The van der Waals surface area contributed by atoms with Crippen LogP contribution >= 0.6 is 11.6 Å². The van der Waals surface area contributed by atoms with Crippen molar-refractivity contribution in [2.45, 2.75) is 19.5 Å². The second-order valence-corrected chi connectivity index (χ2v) is 5.23. The van der Waals surface area contributed by atoms with Gasteiger partial charge in [-0.3, -0.25) is 4.98 Å². The number of aromatic nitrogens is 2. The third kappa shape index (κ3) is 2.55. The Hall–Kier alpha value is -1.84. The molecule has 3 rings (SSSR count). The van der Waals surface area contributed by atoms with Gasteiger partial charge in [0, 0.05) is 41.6 Å². The van der Waals surface area contributed by atoms with Crippen molar-refractivity contribution in [3.05, 3.63) is 65.1 Å². The predicted molar refractivity (Wildman–Crippen MR) is 82.8 cm³/mol. The third-order valence-corrected chi connectivity index (χ3v) is 3.92. The molecule has 3 nitrogen and oxygen atoms in total. The van der Waals surface area contributed by atoms with Gasteiger partial charge in [-0.2, -0.15) is 0 Å². The molecule has 2 aromatic heterocycles. The quantitative estimate of drug-likeness (QED) is 0.759. The molecule has 0 unspecified atom stereocenters. The first-order chi connectivity index (χ1) is 9.75. The fourth-order valence-electron chi connectivity index (χ4n) is 2.29. The predicted octanol–water partition coefficient (Wildman–Crippen LogP) is 4.07. The van der Waals surface area contributed by atoms with Crippen LogP contribution in [0.25, 0.3) is 10.9 Å². The molecule has 0 bridgehead atoms. The average Bonchev–Trinajstić information content (AvgIpc) is 2.83. The molecule has 0 saturated carbocycles. The van der Waals surface area contributed by atoms with Gasteiger partial charge < -0.3 is 10.3 Å². The molecule has 3 aromatic rings. The van der Waals surface area contributed by atoms with Gasteiger partial charge in [-0.15, -0.1) is 0 Å². The molecular formula is C16H16ClN3. The number of fused-ring (bicyclic) bond motifs is 1. The van der Waals surface area contributed by atoms with E-state index in [2.05, 4.69) is 28.3 Å². The SMILES string of the molecule is C[C@H](NCc1[nH]c2ccccc2c1Cl)c1cccnc1. The van der Waals surface area contributed by atoms with Crippen molar-refractivity contribution in [1.29, 1.82) is 0 Å². The molecule has 1 atom stereocenters. The van der Waals surface area contributed by atoms with Crippen LogP contribution in [0.5, 0.6) is 0 Å². The van der Waals surface area contributed by atoms with E-state index in [0.29, 0.717) is 6.54 Å². The van der Waals surface area contributed by atoms with Crippen LogP contribution in [-0.4, -0.2) is 9.97 Å². The van der Waals surface area contributed by atoms with Gasteiger partial charge in [0.25, 0.3) is 0 Å². The van der Waals surface area contributed by atoms with Crippen molar-refractivity contribution in [3.63, 3.8) is 0 Å². The zero-order valence-electron chi connectivity index (χ0n) is 11.2. The van der Waals surface area contributed by atoms with Crippen LogP contribution in [-0.2, 0) is 6.54 Å². The number of aromatic amines is 1. The molecule has 0 aliphatic rings. The lowest BCUT2D eigenvalue weighted by atomic mass is 10.1. The van der Waals surface area contributed by atoms with E-state index in [9.17, 15) is 0 Å². The van der Waals surface area contributed by atoms with Gasteiger partial charge in [0.2, 0.25) is 0 Å². The number of nitrogens with one attached hydrogen (secondary N) is 2. The van der Waals surface area contributed by atoms with Crippen LogP contribution < -0.4 is 5.32 Å². The van der Waals surface area contributed by atoms with E-state index in [0.717, 1.165) is 21.6 Å². The van der Waals surface area contributed by atoms with E-state index in [1.807, 2.05) is 36.5 Å². The first kappa shape index (κ1) is 13.2. The molecule has 0 amide bonds.